The van der Waals surface area contributed by atoms with Crippen LogP contribution in [-0.4, -0.2) is 45.4 Å². The first-order chi connectivity index (χ1) is 10.0. The van der Waals surface area contributed by atoms with Gasteiger partial charge in [0.05, 0.1) is 24.3 Å². The molecule has 1 aromatic carbocycles. The lowest BCUT2D eigenvalue weighted by molar-refractivity contribution is -0.122. The summed E-state index contributed by atoms with van der Waals surface area (Å²) in [6.07, 6.45) is 0.00595. The van der Waals surface area contributed by atoms with Crippen LogP contribution in [0.25, 0.3) is 0 Å². The van der Waals surface area contributed by atoms with Crippen LogP contribution in [0.2, 0.25) is 0 Å². The second kappa shape index (κ2) is 4.67. The molecule has 0 spiro atoms. The minimum Gasteiger partial charge on any atom is -0.392 e. The maximum atomic E-state index is 12.4. The molecule has 0 atom stereocenters. The number of hydrazine groups is 1. The summed E-state index contributed by atoms with van der Waals surface area (Å²) in [5.41, 5.74) is 0.549. The van der Waals surface area contributed by atoms with E-state index in [1.807, 2.05) is 0 Å². The number of fused-ring (bicyclic) bond motifs is 1. The first-order valence-corrected chi connectivity index (χ1v) is 6.27. The van der Waals surface area contributed by atoms with Crippen molar-refractivity contribution in [3.63, 3.8) is 0 Å². The topological polar surface area (TPSA) is 107 Å². The minimum absolute atomic E-state index is 0.00595. The Morgan fingerprint density at radius 1 is 1.14 bits per heavy atom. The number of hydrogen-bond acceptors (Lipinski definition) is 5. The summed E-state index contributed by atoms with van der Waals surface area (Å²) in [4.78, 5) is 47.6. The van der Waals surface area contributed by atoms with E-state index in [4.69, 9.17) is 0 Å². The van der Waals surface area contributed by atoms with Crippen molar-refractivity contribution in [2.45, 2.75) is 13.0 Å². The molecule has 0 aliphatic carbocycles. The highest BCUT2D eigenvalue weighted by Crippen LogP contribution is 2.28. The lowest BCUT2D eigenvalue weighted by Crippen LogP contribution is -2.58. The van der Waals surface area contributed by atoms with Gasteiger partial charge < -0.3 is 5.11 Å². The summed E-state index contributed by atoms with van der Waals surface area (Å²) in [6, 6.07) is 3.74. The molecule has 108 valence electrons. The molecule has 2 heterocycles. The predicted molar refractivity (Wildman–Crippen MR) is 67.7 cm³/mol. The number of carbonyl (C=O) groups excluding carboxylic acids is 4. The standard InChI is InChI=1S/C13H11N3O5/c17-6-7-2-1-3-8-10(7)12(20)16(11(8)19)15-5-4-9(18)14-13(15)21/h1-3,17H,4-6H2,(H,14,18,21). The molecule has 3 rings (SSSR count). The van der Waals surface area contributed by atoms with Crippen molar-refractivity contribution >= 4 is 23.8 Å². The SMILES string of the molecule is O=C1CCN(N2C(=O)c3cccc(CO)c3C2=O)C(=O)N1. The Morgan fingerprint density at radius 3 is 2.57 bits per heavy atom. The minimum atomic E-state index is -0.814. The number of aliphatic hydroxyl groups is 1. The summed E-state index contributed by atoms with van der Waals surface area (Å²) in [7, 11) is 0. The summed E-state index contributed by atoms with van der Waals surface area (Å²) in [5, 5.41) is 12.9. The van der Waals surface area contributed by atoms with Crippen LogP contribution < -0.4 is 5.32 Å². The van der Waals surface area contributed by atoms with Gasteiger partial charge in [0.15, 0.2) is 0 Å². The van der Waals surface area contributed by atoms with E-state index in [-0.39, 0.29) is 30.7 Å². The van der Waals surface area contributed by atoms with Gasteiger partial charge in [-0.05, 0) is 11.6 Å². The maximum Gasteiger partial charge on any atom is 0.343 e. The summed E-state index contributed by atoms with van der Waals surface area (Å²) < 4.78 is 0. The summed E-state index contributed by atoms with van der Waals surface area (Å²) in [6.45, 7) is -0.439. The van der Waals surface area contributed by atoms with E-state index in [1.165, 1.54) is 12.1 Å². The number of imide groups is 2. The fourth-order valence-electron chi connectivity index (χ4n) is 2.44. The van der Waals surface area contributed by atoms with Gasteiger partial charge in [0.25, 0.3) is 11.8 Å². The van der Waals surface area contributed by atoms with Crippen LogP contribution in [-0.2, 0) is 11.4 Å². The zero-order valence-corrected chi connectivity index (χ0v) is 10.8. The number of nitrogens with one attached hydrogen (secondary N) is 1. The molecule has 2 aliphatic rings. The van der Waals surface area contributed by atoms with E-state index >= 15 is 0 Å². The van der Waals surface area contributed by atoms with Crippen LogP contribution in [0.3, 0.4) is 0 Å². The molecular weight excluding hydrogens is 278 g/mol. The molecule has 2 N–H and O–H groups in total. The first-order valence-electron chi connectivity index (χ1n) is 6.27. The van der Waals surface area contributed by atoms with Crippen molar-refractivity contribution in [3.8, 4) is 0 Å². The Labute approximate surface area is 118 Å². The van der Waals surface area contributed by atoms with Gasteiger partial charge in [0.2, 0.25) is 5.91 Å². The number of hydrogen-bond donors (Lipinski definition) is 2. The predicted octanol–water partition coefficient (Wildman–Crippen LogP) is -0.368. The fraction of sp³-hybridized carbons (Fsp3) is 0.231. The van der Waals surface area contributed by atoms with E-state index in [0.29, 0.717) is 10.6 Å². The number of aliphatic hydroxyl groups excluding tert-OH is 1. The van der Waals surface area contributed by atoms with E-state index in [9.17, 15) is 24.3 Å². The monoisotopic (exact) mass is 289 g/mol. The molecule has 0 radical (unpaired) electrons. The molecule has 8 heteroatoms. The lowest BCUT2D eigenvalue weighted by atomic mass is 10.0. The third-order valence-electron chi connectivity index (χ3n) is 3.42. The molecule has 0 saturated carbocycles. The highest BCUT2D eigenvalue weighted by molar-refractivity contribution is 6.22. The van der Waals surface area contributed by atoms with Gasteiger partial charge in [-0.1, -0.05) is 12.1 Å². The average Bonchev–Trinajstić information content (AvgIpc) is 2.72. The van der Waals surface area contributed by atoms with Gasteiger partial charge in [-0.25, -0.2) is 9.80 Å². The quantitative estimate of drug-likeness (QED) is 0.722. The molecule has 8 nitrogen and oxygen atoms in total. The molecule has 2 aliphatic heterocycles. The maximum absolute atomic E-state index is 12.4. The summed E-state index contributed by atoms with van der Waals surface area (Å²) in [5.74, 6) is -1.78. The fourth-order valence-corrected chi connectivity index (χ4v) is 2.44. The van der Waals surface area contributed by atoms with Crippen molar-refractivity contribution < 1.29 is 24.3 Å². The van der Waals surface area contributed by atoms with Crippen molar-refractivity contribution in [2.24, 2.45) is 0 Å². The number of amides is 5. The largest absolute Gasteiger partial charge is 0.392 e. The van der Waals surface area contributed by atoms with Gasteiger partial charge >= 0.3 is 6.03 Å². The van der Waals surface area contributed by atoms with Crippen molar-refractivity contribution in [1.29, 1.82) is 0 Å². The molecule has 0 unspecified atom stereocenters. The average molecular weight is 289 g/mol. The highest BCUT2D eigenvalue weighted by Gasteiger charge is 2.43. The van der Waals surface area contributed by atoms with E-state index in [2.05, 4.69) is 5.32 Å². The van der Waals surface area contributed by atoms with Crippen LogP contribution in [0.4, 0.5) is 4.79 Å². The van der Waals surface area contributed by atoms with Crippen LogP contribution in [0.15, 0.2) is 18.2 Å². The van der Waals surface area contributed by atoms with E-state index in [0.717, 1.165) is 5.01 Å². The van der Waals surface area contributed by atoms with E-state index < -0.39 is 23.8 Å². The summed E-state index contributed by atoms with van der Waals surface area (Å²) >= 11 is 0. The molecule has 1 saturated heterocycles. The molecule has 5 amide bonds. The second-order valence-electron chi connectivity index (χ2n) is 4.65. The van der Waals surface area contributed by atoms with Crippen molar-refractivity contribution in [3.05, 3.63) is 34.9 Å². The zero-order chi connectivity index (χ0) is 15.1. The second-order valence-corrected chi connectivity index (χ2v) is 4.65. The van der Waals surface area contributed by atoms with Crippen molar-refractivity contribution in [2.75, 3.05) is 6.54 Å². The molecule has 0 bridgehead atoms. The Balaban J connectivity index is 2.00. The Hall–Kier alpha value is -2.74. The molecular formula is C13H11N3O5. The Morgan fingerprint density at radius 2 is 1.90 bits per heavy atom. The Kier molecular flexibility index (Phi) is 2.95. The number of carbonyl (C=O) groups is 4. The van der Waals surface area contributed by atoms with Gasteiger partial charge in [-0.2, -0.15) is 5.01 Å². The third kappa shape index (κ3) is 1.88. The molecule has 1 fully saturated rings. The molecule has 0 aromatic heterocycles. The number of urea groups is 1. The van der Waals surface area contributed by atoms with E-state index in [1.54, 1.807) is 6.07 Å². The zero-order valence-electron chi connectivity index (χ0n) is 10.8. The molecule has 21 heavy (non-hydrogen) atoms. The Bertz CT molecular complexity index is 684. The highest BCUT2D eigenvalue weighted by atomic mass is 16.3. The van der Waals surface area contributed by atoms with Gasteiger partial charge in [0.1, 0.15) is 0 Å². The van der Waals surface area contributed by atoms with Crippen LogP contribution >= 0.6 is 0 Å². The van der Waals surface area contributed by atoms with Crippen molar-refractivity contribution in [1.82, 2.24) is 15.3 Å². The van der Waals surface area contributed by atoms with Crippen LogP contribution in [0.1, 0.15) is 32.7 Å². The van der Waals surface area contributed by atoms with Gasteiger partial charge in [0, 0.05) is 6.42 Å². The smallest absolute Gasteiger partial charge is 0.343 e. The number of rotatable bonds is 2. The lowest BCUT2D eigenvalue weighted by Gasteiger charge is -2.32. The number of benzene rings is 1. The normalized spacial score (nSPS) is 18.1. The third-order valence-corrected chi connectivity index (χ3v) is 3.42. The first kappa shape index (κ1) is 13.3. The van der Waals surface area contributed by atoms with Gasteiger partial charge in [-0.3, -0.25) is 19.7 Å². The van der Waals surface area contributed by atoms with Crippen LogP contribution in [0.5, 0.6) is 0 Å². The van der Waals surface area contributed by atoms with Gasteiger partial charge in [-0.15, -0.1) is 0 Å². The molecule has 1 aromatic rings. The number of nitrogens with zero attached hydrogens (tertiary/aromatic N) is 2. The van der Waals surface area contributed by atoms with Crippen LogP contribution in [0, 0.1) is 0 Å².